The molecule has 1 aromatic carbocycles. The minimum Gasteiger partial charge on any atom is -0.399 e. The standard InChI is InChI=1S/C15H18N2OS/c1-10-6-7-12(16)9-13(10)15(18)17(3)11(2)14-5-4-8-19-14/h4-9,11H,16H2,1-3H3. The first-order valence-electron chi connectivity index (χ1n) is 6.17. The molecule has 4 heteroatoms. The number of nitrogens with zero attached hydrogens (tertiary/aromatic N) is 1. The molecular weight excluding hydrogens is 256 g/mol. The molecule has 0 saturated heterocycles. The number of hydrogen-bond donors (Lipinski definition) is 1. The first-order valence-corrected chi connectivity index (χ1v) is 7.05. The lowest BCUT2D eigenvalue weighted by atomic mass is 10.1. The molecule has 1 unspecified atom stereocenters. The minimum absolute atomic E-state index is 0.00528. The van der Waals surface area contributed by atoms with Crippen LogP contribution in [0.5, 0.6) is 0 Å². The molecular formula is C15H18N2OS. The Morgan fingerprint density at radius 1 is 1.37 bits per heavy atom. The Labute approximate surface area is 117 Å². The maximum absolute atomic E-state index is 12.5. The maximum Gasteiger partial charge on any atom is 0.254 e. The average molecular weight is 274 g/mol. The van der Waals surface area contributed by atoms with Crippen LogP contribution in [-0.2, 0) is 0 Å². The fraction of sp³-hybridized carbons (Fsp3) is 0.267. The summed E-state index contributed by atoms with van der Waals surface area (Å²) in [5.74, 6) is 0.00528. The van der Waals surface area contributed by atoms with Crippen molar-refractivity contribution in [3.8, 4) is 0 Å². The van der Waals surface area contributed by atoms with Gasteiger partial charge in [0, 0.05) is 23.2 Å². The highest BCUT2D eigenvalue weighted by Crippen LogP contribution is 2.25. The van der Waals surface area contributed by atoms with Gasteiger partial charge in [0.1, 0.15) is 0 Å². The van der Waals surface area contributed by atoms with E-state index in [1.54, 1.807) is 22.3 Å². The SMILES string of the molecule is Cc1ccc(N)cc1C(=O)N(C)C(C)c1cccs1. The summed E-state index contributed by atoms with van der Waals surface area (Å²) in [5.41, 5.74) is 8.00. The zero-order chi connectivity index (χ0) is 14.0. The number of carbonyl (C=O) groups excluding carboxylic acids is 1. The fourth-order valence-electron chi connectivity index (χ4n) is 1.96. The lowest BCUT2D eigenvalue weighted by Gasteiger charge is -2.25. The summed E-state index contributed by atoms with van der Waals surface area (Å²) in [6.45, 7) is 3.96. The lowest BCUT2D eigenvalue weighted by Crippen LogP contribution is -2.29. The Hall–Kier alpha value is -1.81. The summed E-state index contributed by atoms with van der Waals surface area (Å²) >= 11 is 1.66. The van der Waals surface area contributed by atoms with Gasteiger partial charge in [-0.3, -0.25) is 4.79 Å². The van der Waals surface area contributed by atoms with Crippen LogP contribution in [0.3, 0.4) is 0 Å². The molecule has 0 bridgehead atoms. The second-order valence-electron chi connectivity index (χ2n) is 4.68. The topological polar surface area (TPSA) is 46.3 Å². The number of anilines is 1. The van der Waals surface area contributed by atoms with E-state index in [9.17, 15) is 4.79 Å². The van der Waals surface area contributed by atoms with Gasteiger partial charge in [-0.1, -0.05) is 12.1 Å². The number of thiophene rings is 1. The van der Waals surface area contributed by atoms with Crippen LogP contribution >= 0.6 is 11.3 Å². The van der Waals surface area contributed by atoms with Gasteiger partial charge in [0.15, 0.2) is 0 Å². The van der Waals surface area contributed by atoms with Crippen LogP contribution in [0.4, 0.5) is 5.69 Å². The van der Waals surface area contributed by atoms with Gasteiger partial charge < -0.3 is 10.6 Å². The van der Waals surface area contributed by atoms with Gasteiger partial charge in [-0.25, -0.2) is 0 Å². The number of benzene rings is 1. The predicted octanol–water partition coefficient (Wildman–Crippen LogP) is 3.47. The van der Waals surface area contributed by atoms with Gasteiger partial charge in [0.2, 0.25) is 0 Å². The Morgan fingerprint density at radius 2 is 2.11 bits per heavy atom. The van der Waals surface area contributed by atoms with Crippen molar-refractivity contribution in [2.45, 2.75) is 19.9 Å². The van der Waals surface area contributed by atoms with Crippen molar-refractivity contribution in [3.05, 3.63) is 51.7 Å². The molecule has 1 atom stereocenters. The third-order valence-corrected chi connectivity index (χ3v) is 4.39. The normalized spacial score (nSPS) is 12.2. The van der Waals surface area contributed by atoms with Crippen LogP contribution in [0.25, 0.3) is 0 Å². The Bertz CT molecular complexity index is 578. The molecule has 0 saturated carbocycles. The van der Waals surface area contributed by atoms with Gasteiger partial charge >= 0.3 is 0 Å². The minimum atomic E-state index is 0.00528. The van der Waals surface area contributed by atoms with Crippen molar-refractivity contribution in [1.82, 2.24) is 4.90 Å². The first-order chi connectivity index (χ1) is 9.00. The van der Waals surface area contributed by atoms with Crippen LogP contribution in [0.1, 0.15) is 33.8 Å². The van der Waals surface area contributed by atoms with Crippen LogP contribution < -0.4 is 5.73 Å². The summed E-state index contributed by atoms with van der Waals surface area (Å²) in [6, 6.07) is 9.55. The lowest BCUT2D eigenvalue weighted by molar-refractivity contribution is 0.0744. The highest BCUT2D eigenvalue weighted by Gasteiger charge is 2.20. The molecule has 0 radical (unpaired) electrons. The molecule has 0 fully saturated rings. The number of carbonyl (C=O) groups is 1. The van der Waals surface area contributed by atoms with E-state index in [0.29, 0.717) is 11.3 Å². The molecule has 19 heavy (non-hydrogen) atoms. The number of hydrogen-bond acceptors (Lipinski definition) is 3. The number of rotatable bonds is 3. The monoisotopic (exact) mass is 274 g/mol. The van der Waals surface area contributed by atoms with E-state index in [-0.39, 0.29) is 11.9 Å². The van der Waals surface area contributed by atoms with Crippen LogP contribution in [-0.4, -0.2) is 17.9 Å². The van der Waals surface area contributed by atoms with E-state index >= 15 is 0 Å². The van der Waals surface area contributed by atoms with Crippen molar-refractivity contribution in [1.29, 1.82) is 0 Å². The first kappa shape index (κ1) is 13.6. The number of nitrogens with two attached hydrogens (primary N) is 1. The molecule has 0 aliphatic rings. The van der Waals surface area contributed by atoms with Crippen molar-refractivity contribution < 1.29 is 4.79 Å². The summed E-state index contributed by atoms with van der Waals surface area (Å²) in [5, 5.41) is 2.02. The van der Waals surface area contributed by atoms with Gasteiger partial charge in [0.05, 0.1) is 6.04 Å². The Kier molecular flexibility index (Phi) is 3.90. The Balaban J connectivity index is 2.26. The molecule has 2 rings (SSSR count). The summed E-state index contributed by atoms with van der Waals surface area (Å²) in [6.07, 6.45) is 0. The molecule has 0 aliphatic carbocycles. The number of nitrogen functional groups attached to an aromatic ring is 1. The molecule has 1 heterocycles. The van der Waals surface area contributed by atoms with Crippen molar-refractivity contribution in [2.24, 2.45) is 0 Å². The second-order valence-corrected chi connectivity index (χ2v) is 5.66. The van der Waals surface area contributed by atoms with E-state index in [1.807, 2.05) is 50.5 Å². The summed E-state index contributed by atoms with van der Waals surface area (Å²) in [7, 11) is 1.83. The largest absolute Gasteiger partial charge is 0.399 e. The van der Waals surface area contributed by atoms with E-state index in [0.717, 1.165) is 5.56 Å². The quantitative estimate of drug-likeness (QED) is 0.871. The molecule has 3 nitrogen and oxygen atoms in total. The third kappa shape index (κ3) is 2.79. The smallest absolute Gasteiger partial charge is 0.254 e. The number of aryl methyl sites for hydroxylation is 1. The van der Waals surface area contributed by atoms with E-state index < -0.39 is 0 Å². The predicted molar refractivity (Wildman–Crippen MR) is 80.4 cm³/mol. The van der Waals surface area contributed by atoms with Crippen LogP contribution in [0.15, 0.2) is 35.7 Å². The molecule has 0 spiro atoms. The average Bonchev–Trinajstić information content (AvgIpc) is 2.93. The van der Waals surface area contributed by atoms with E-state index in [1.165, 1.54) is 4.88 Å². The van der Waals surface area contributed by atoms with Crippen molar-refractivity contribution in [3.63, 3.8) is 0 Å². The number of amides is 1. The van der Waals surface area contributed by atoms with Crippen molar-refractivity contribution >= 4 is 22.9 Å². The van der Waals surface area contributed by atoms with Crippen LogP contribution in [0, 0.1) is 6.92 Å². The zero-order valence-electron chi connectivity index (χ0n) is 11.4. The van der Waals surface area contributed by atoms with Gasteiger partial charge in [-0.05, 0) is 43.0 Å². The molecule has 100 valence electrons. The van der Waals surface area contributed by atoms with Crippen molar-refractivity contribution in [2.75, 3.05) is 12.8 Å². The van der Waals surface area contributed by atoms with Crippen LogP contribution in [0.2, 0.25) is 0 Å². The van der Waals surface area contributed by atoms with Gasteiger partial charge in [-0.2, -0.15) is 0 Å². The zero-order valence-corrected chi connectivity index (χ0v) is 12.2. The molecule has 0 aliphatic heterocycles. The molecule has 1 amide bonds. The van der Waals surface area contributed by atoms with Gasteiger partial charge in [-0.15, -0.1) is 11.3 Å². The van der Waals surface area contributed by atoms with Gasteiger partial charge in [0.25, 0.3) is 5.91 Å². The highest BCUT2D eigenvalue weighted by atomic mass is 32.1. The fourth-order valence-corrected chi connectivity index (χ4v) is 2.78. The summed E-state index contributed by atoms with van der Waals surface area (Å²) < 4.78 is 0. The van der Waals surface area contributed by atoms with E-state index in [2.05, 4.69) is 0 Å². The highest BCUT2D eigenvalue weighted by molar-refractivity contribution is 7.10. The van der Waals surface area contributed by atoms with E-state index in [4.69, 9.17) is 5.73 Å². The Morgan fingerprint density at radius 3 is 2.74 bits per heavy atom. The molecule has 1 aromatic heterocycles. The maximum atomic E-state index is 12.5. The summed E-state index contributed by atoms with van der Waals surface area (Å²) in [4.78, 5) is 15.5. The molecule has 2 aromatic rings. The third-order valence-electron chi connectivity index (χ3n) is 3.35. The second kappa shape index (κ2) is 5.45. The molecule has 2 N–H and O–H groups in total.